The van der Waals surface area contributed by atoms with Gasteiger partial charge in [0.05, 0.1) is 5.57 Å². The number of ether oxygens (including phenoxy) is 1. The van der Waals surface area contributed by atoms with Gasteiger partial charge in [0.15, 0.2) is 11.5 Å². The molecule has 172 valence electrons. The van der Waals surface area contributed by atoms with E-state index in [-0.39, 0.29) is 35.0 Å². The van der Waals surface area contributed by atoms with E-state index in [0.29, 0.717) is 24.4 Å². The van der Waals surface area contributed by atoms with Crippen molar-refractivity contribution >= 4 is 11.7 Å². The number of carbonyl (C=O) groups is 2. The summed E-state index contributed by atoms with van der Waals surface area (Å²) in [5, 5.41) is 2.91. The lowest BCUT2D eigenvalue weighted by Gasteiger charge is -2.48. The first kappa shape index (κ1) is 24.0. The standard InChI is InChI=1S/C27H41NO3/c1-8-10-11-31-27(7)15-21(26(30)28-27)25(29)24-22(17(4)9-2)19(6)14-20-13-16(3)12-18(5)23(20)24/h9,14-16,18,20,22-24H,8,10-13H2,1-7H3,(H,28,30)/b17-9+/t16-,18+,20-,22+,23-,24+,27?/m0/s1. The van der Waals surface area contributed by atoms with Gasteiger partial charge in [-0.1, -0.05) is 50.5 Å². The Morgan fingerprint density at radius 1 is 1.32 bits per heavy atom. The minimum atomic E-state index is -0.895. The van der Waals surface area contributed by atoms with Gasteiger partial charge in [0, 0.05) is 18.4 Å². The van der Waals surface area contributed by atoms with E-state index < -0.39 is 5.72 Å². The Kier molecular flexibility index (Phi) is 7.30. The molecular weight excluding hydrogens is 386 g/mol. The van der Waals surface area contributed by atoms with Gasteiger partial charge in [-0.2, -0.15) is 0 Å². The highest BCUT2D eigenvalue weighted by molar-refractivity contribution is 6.22. The molecule has 0 spiro atoms. The summed E-state index contributed by atoms with van der Waals surface area (Å²) in [7, 11) is 0. The second-order valence-corrected chi connectivity index (χ2v) is 10.4. The monoisotopic (exact) mass is 427 g/mol. The normalized spacial score (nSPS) is 38.3. The first-order valence-electron chi connectivity index (χ1n) is 12.2. The lowest BCUT2D eigenvalue weighted by Crippen LogP contribution is -2.46. The highest BCUT2D eigenvalue weighted by Crippen LogP contribution is 2.52. The number of hydrogen-bond donors (Lipinski definition) is 1. The third-order valence-electron chi connectivity index (χ3n) is 7.78. The molecule has 3 rings (SSSR count). The first-order chi connectivity index (χ1) is 14.6. The second-order valence-electron chi connectivity index (χ2n) is 10.4. The van der Waals surface area contributed by atoms with Crippen LogP contribution in [-0.2, 0) is 14.3 Å². The maximum Gasteiger partial charge on any atom is 0.257 e. The third-order valence-corrected chi connectivity index (χ3v) is 7.78. The molecule has 1 unspecified atom stereocenters. The number of unbranched alkanes of at least 4 members (excludes halogenated alkanes) is 1. The van der Waals surface area contributed by atoms with Crippen LogP contribution in [0.15, 0.2) is 34.9 Å². The molecule has 1 amide bonds. The molecule has 2 aliphatic carbocycles. The highest BCUT2D eigenvalue weighted by Gasteiger charge is 2.50. The van der Waals surface area contributed by atoms with Crippen LogP contribution in [0.3, 0.4) is 0 Å². The number of carbonyl (C=O) groups excluding carboxylic acids is 2. The van der Waals surface area contributed by atoms with Gasteiger partial charge in [-0.25, -0.2) is 0 Å². The molecule has 1 heterocycles. The van der Waals surface area contributed by atoms with Crippen molar-refractivity contribution in [3.63, 3.8) is 0 Å². The summed E-state index contributed by atoms with van der Waals surface area (Å²) in [5.74, 6) is 1.38. The molecule has 7 atom stereocenters. The largest absolute Gasteiger partial charge is 0.352 e. The van der Waals surface area contributed by atoms with Crippen molar-refractivity contribution in [2.24, 2.45) is 35.5 Å². The van der Waals surface area contributed by atoms with Gasteiger partial charge in [-0.05, 0) is 76.7 Å². The number of hydrogen-bond acceptors (Lipinski definition) is 3. The maximum atomic E-state index is 14.0. The van der Waals surface area contributed by atoms with Crippen molar-refractivity contribution in [3.05, 3.63) is 34.9 Å². The molecular formula is C27H41NO3. The Morgan fingerprint density at radius 2 is 2.03 bits per heavy atom. The summed E-state index contributed by atoms with van der Waals surface area (Å²) in [5.41, 5.74) is 1.89. The Bertz CT molecular complexity index is 807. The van der Waals surface area contributed by atoms with Gasteiger partial charge >= 0.3 is 0 Å². The van der Waals surface area contributed by atoms with E-state index in [2.05, 4.69) is 52.1 Å². The molecule has 31 heavy (non-hydrogen) atoms. The summed E-state index contributed by atoms with van der Waals surface area (Å²) in [6.45, 7) is 15.5. The van der Waals surface area contributed by atoms with Gasteiger partial charge in [-0.3, -0.25) is 9.59 Å². The summed E-state index contributed by atoms with van der Waals surface area (Å²) >= 11 is 0. The number of nitrogens with one attached hydrogen (secondary N) is 1. The molecule has 4 heteroatoms. The number of amides is 1. The number of rotatable bonds is 7. The van der Waals surface area contributed by atoms with Gasteiger partial charge in [-0.15, -0.1) is 0 Å². The third kappa shape index (κ3) is 4.74. The van der Waals surface area contributed by atoms with Gasteiger partial charge in [0.25, 0.3) is 5.91 Å². The fourth-order valence-corrected chi connectivity index (χ4v) is 6.36. The van der Waals surface area contributed by atoms with Crippen LogP contribution in [-0.4, -0.2) is 24.0 Å². The summed E-state index contributed by atoms with van der Waals surface area (Å²) in [6, 6.07) is 0. The van der Waals surface area contributed by atoms with E-state index >= 15 is 0 Å². The Balaban J connectivity index is 1.99. The molecule has 1 aliphatic heterocycles. The fourth-order valence-electron chi connectivity index (χ4n) is 6.36. The molecule has 3 aliphatic rings. The summed E-state index contributed by atoms with van der Waals surface area (Å²) in [6.07, 6.45) is 10.5. The molecule has 0 radical (unpaired) electrons. The zero-order chi connectivity index (χ0) is 22.9. The van der Waals surface area contributed by atoms with Crippen LogP contribution in [0.1, 0.15) is 74.1 Å². The van der Waals surface area contributed by atoms with Crippen molar-refractivity contribution in [1.82, 2.24) is 5.32 Å². The van der Waals surface area contributed by atoms with Crippen LogP contribution in [0.5, 0.6) is 0 Å². The number of fused-ring (bicyclic) bond motifs is 1. The van der Waals surface area contributed by atoms with Crippen molar-refractivity contribution < 1.29 is 14.3 Å². The molecule has 1 N–H and O–H groups in total. The summed E-state index contributed by atoms with van der Waals surface area (Å²) in [4.78, 5) is 27.0. The number of Topliss-reactive ketones (excluding diaryl/α,β-unsaturated/α-hetero) is 1. The van der Waals surface area contributed by atoms with E-state index in [1.807, 2.05) is 13.8 Å². The van der Waals surface area contributed by atoms with E-state index in [4.69, 9.17) is 4.74 Å². The molecule has 0 bridgehead atoms. The smallest absolute Gasteiger partial charge is 0.257 e. The molecule has 1 fully saturated rings. The maximum absolute atomic E-state index is 14.0. The van der Waals surface area contributed by atoms with Gasteiger partial charge in [0.2, 0.25) is 0 Å². The van der Waals surface area contributed by atoms with Crippen molar-refractivity contribution in [1.29, 1.82) is 0 Å². The molecule has 4 nitrogen and oxygen atoms in total. The number of ketones is 1. The van der Waals surface area contributed by atoms with Crippen LogP contribution >= 0.6 is 0 Å². The van der Waals surface area contributed by atoms with Crippen LogP contribution in [0.25, 0.3) is 0 Å². The Morgan fingerprint density at radius 3 is 2.68 bits per heavy atom. The molecule has 0 saturated heterocycles. The minimum Gasteiger partial charge on any atom is -0.352 e. The van der Waals surface area contributed by atoms with Crippen LogP contribution in [0.4, 0.5) is 0 Å². The zero-order valence-electron chi connectivity index (χ0n) is 20.5. The van der Waals surface area contributed by atoms with Gasteiger partial charge in [0.1, 0.15) is 0 Å². The first-order valence-corrected chi connectivity index (χ1v) is 12.2. The van der Waals surface area contributed by atoms with Crippen molar-refractivity contribution in [2.45, 2.75) is 79.9 Å². The molecule has 0 aromatic carbocycles. The van der Waals surface area contributed by atoms with Crippen LogP contribution < -0.4 is 5.32 Å². The SMILES string of the molecule is C/C=C(\C)[C@@H]1C(C)=C[C@@H]2C[C@@H](C)C[C@@H](C)[C@@H]2[C@@H]1C(=O)C1=CC(C)(OCCCC)NC1=O. The summed E-state index contributed by atoms with van der Waals surface area (Å²) < 4.78 is 5.94. The second kappa shape index (κ2) is 9.44. The van der Waals surface area contributed by atoms with Crippen LogP contribution in [0.2, 0.25) is 0 Å². The average molecular weight is 428 g/mol. The van der Waals surface area contributed by atoms with Gasteiger partial charge < -0.3 is 10.1 Å². The fraction of sp³-hybridized carbons (Fsp3) is 0.704. The topological polar surface area (TPSA) is 55.4 Å². The number of allylic oxidation sites excluding steroid dienone is 4. The lowest BCUT2D eigenvalue weighted by molar-refractivity contribution is -0.129. The highest BCUT2D eigenvalue weighted by atomic mass is 16.5. The quantitative estimate of drug-likeness (QED) is 0.327. The molecule has 1 saturated carbocycles. The Hall–Kier alpha value is -1.68. The average Bonchev–Trinajstić information content (AvgIpc) is 3.00. The Labute approximate surface area is 188 Å². The van der Waals surface area contributed by atoms with Crippen molar-refractivity contribution in [2.75, 3.05) is 6.61 Å². The zero-order valence-corrected chi connectivity index (χ0v) is 20.5. The van der Waals surface area contributed by atoms with E-state index in [9.17, 15) is 9.59 Å². The van der Waals surface area contributed by atoms with Crippen molar-refractivity contribution in [3.8, 4) is 0 Å². The predicted molar refractivity (Wildman–Crippen MR) is 125 cm³/mol. The van der Waals surface area contributed by atoms with E-state index in [1.165, 1.54) is 11.1 Å². The molecule has 0 aromatic rings. The van der Waals surface area contributed by atoms with E-state index in [1.54, 1.807) is 6.08 Å². The van der Waals surface area contributed by atoms with E-state index in [0.717, 1.165) is 25.7 Å². The molecule has 0 aromatic heterocycles. The predicted octanol–water partition coefficient (Wildman–Crippen LogP) is 5.60. The van der Waals surface area contributed by atoms with Crippen LogP contribution in [0, 0.1) is 35.5 Å². The lowest BCUT2D eigenvalue weighted by atomic mass is 9.55. The minimum absolute atomic E-state index is 0.00429.